The van der Waals surface area contributed by atoms with E-state index in [1.807, 2.05) is 36.5 Å². The number of imidazole rings is 1. The molecule has 0 saturated heterocycles. The summed E-state index contributed by atoms with van der Waals surface area (Å²) in [6.07, 6.45) is 4.18. The molecule has 1 aliphatic carbocycles. The average Bonchev–Trinajstić information content (AvgIpc) is 3.21. The van der Waals surface area contributed by atoms with Gasteiger partial charge in [-0.1, -0.05) is 15.9 Å². The van der Waals surface area contributed by atoms with Crippen molar-refractivity contribution in [3.05, 3.63) is 41.0 Å². The normalized spacial score (nSPS) is 14.8. The number of aromatic nitrogens is 3. The second-order valence-electron chi connectivity index (χ2n) is 5.11. The van der Waals surface area contributed by atoms with Crippen LogP contribution in [-0.4, -0.2) is 14.5 Å². The van der Waals surface area contributed by atoms with Gasteiger partial charge in [-0.15, -0.1) is 0 Å². The number of nitrogen functional groups attached to an aromatic ring is 1. The number of hydrogen-bond donors (Lipinski definition) is 1. The molecule has 3 aromatic rings. The minimum atomic E-state index is 0.503. The van der Waals surface area contributed by atoms with Gasteiger partial charge in [-0.2, -0.15) is 0 Å². The van der Waals surface area contributed by atoms with Crippen molar-refractivity contribution in [3.8, 4) is 11.4 Å². The summed E-state index contributed by atoms with van der Waals surface area (Å²) in [5.41, 5.74) is 9.71. The maximum atomic E-state index is 6.14. The number of nitrogens with zero attached hydrogens (tertiary/aromatic N) is 3. The molecule has 4 rings (SSSR count). The lowest BCUT2D eigenvalue weighted by atomic mass is 10.1. The Balaban J connectivity index is 2.03. The van der Waals surface area contributed by atoms with Gasteiger partial charge in [0.2, 0.25) is 0 Å². The molecule has 1 aliphatic rings. The maximum Gasteiger partial charge on any atom is 0.160 e. The van der Waals surface area contributed by atoms with Crippen LogP contribution in [0, 0.1) is 0 Å². The molecule has 100 valence electrons. The molecule has 20 heavy (non-hydrogen) atoms. The topological polar surface area (TPSA) is 56.7 Å². The minimum Gasteiger partial charge on any atom is -0.398 e. The molecule has 0 radical (unpaired) electrons. The first-order chi connectivity index (χ1) is 9.74. The summed E-state index contributed by atoms with van der Waals surface area (Å²) in [7, 11) is 0. The third-order valence-electron chi connectivity index (χ3n) is 3.62. The summed E-state index contributed by atoms with van der Waals surface area (Å²) in [6.45, 7) is 0. The van der Waals surface area contributed by atoms with Gasteiger partial charge in [-0.3, -0.25) is 0 Å². The number of fused-ring (bicyclic) bond motifs is 1. The van der Waals surface area contributed by atoms with E-state index in [-0.39, 0.29) is 0 Å². The maximum absolute atomic E-state index is 6.14. The van der Waals surface area contributed by atoms with Crippen molar-refractivity contribution in [1.29, 1.82) is 0 Å². The number of anilines is 1. The van der Waals surface area contributed by atoms with Gasteiger partial charge in [0, 0.05) is 28.0 Å². The first kappa shape index (κ1) is 11.9. The van der Waals surface area contributed by atoms with E-state index in [0.29, 0.717) is 6.04 Å². The Morgan fingerprint density at radius 1 is 1.25 bits per heavy atom. The largest absolute Gasteiger partial charge is 0.398 e. The molecule has 0 atom stereocenters. The smallest absolute Gasteiger partial charge is 0.160 e. The number of nitrogens with two attached hydrogens (primary N) is 1. The Kier molecular flexibility index (Phi) is 2.57. The summed E-state index contributed by atoms with van der Waals surface area (Å²) >= 11 is 3.51. The van der Waals surface area contributed by atoms with E-state index in [9.17, 15) is 0 Å². The molecule has 1 fully saturated rings. The van der Waals surface area contributed by atoms with Crippen LogP contribution in [0.2, 0.25) is 0 Å². The molecule has 2 N–H and O–H groups in total. The van der Waals surface area contributed by atoms with E-state index < -0.39 is 0 Å². The van der Waals surface area contributed by atoms with Gasteiger partial charge in [0.15, 0.2) is 5.65 Å². The van der Waals surface area contributed by atoms with Gasteiger partial charge in [0.25, 0.3) is 0 Å². The summed E-state index contributed by atoms with van der Waals surface area (Å²) < 4.78 is 3.23. The molecule has 0 amide bonds. The Morgan fingerprint density at radius 3 is 2.90 bits per heavy atom. The third-order valence-corrected chi connectivity index (χ3v) is 4.11. The Morgan fingerprint density at radius 2 is 2.10 bits per heavy atom. The predicted molar refractivity (Wildman–Crippen MR) is 83.3 cm³/mol. The number of rotatable bonds is 2. The third kappa shape index (κ3) is 1.81. The van der Waals surface area contributed by atoms with E-state index in [2.05, 4.69) is 25.5 Å². The molecular weight excluding hydrogens is 316 g/mol. The number of hydrogen-bond acceptors (Lipinski definition) is 3. The lowest BCUT2D eigenvalue weighted by molar-refractivity contribution is 0.767. The van der Waals surface area contributed by atoms with Crippen LogP contribution in [0.1, 0.15) is 18.9 Å². The number of benzene rings is 1. The zero-order valence-corrected chi connectivity index (χ0v) is 12.3. The fourth-order valence-electron chi connectivity index (χ4n) is 2.52. The summed E-state index contributed by atoms with van der Waals surface area (Å²) in [5.74, 6) is 0.917. The Labute approximate surface area is 124 Å². The number of halogens is 1. The van der Waals surface area contributed by atoms with E-state index in [0.717, 1.165) is 32.7 Å². The molecule has 4 nitrogen and oxygen atoms in total. The fourth-order valence-corrected chi connectivity index (χ4v) is 2.88. The van der Waals surface area contributed by atoms with Gasteiger partial charge in [-0.05, 0) is 43.2 Å². The van der Waals surface area contributed by atoms with Crippen LogP contribution in [0.15, 0.2) is 41.0 Å². The second kappa shape index (κ2) is 4.31. The molecule has 5 heteroatoms. The van der Waals surface area contributed by atoms with Crippen molar-refractivity contribution in [1.82, 2.24) is 14.5 Å². The molecule has 1 aromatic carbocycles. The molecular formula is C15H13BrN4. The first-order valence-electron chi connectivity index (χ1n) is 6.62. The SMILES string of the molecule is Nc1ccc(Br)cc1-c1nc2cccnc2n1C1CC1. The number of pyridine rings is 1. The van der Waals surface area contributed by atoms with E-state index in [1.165, 1.54) is 12.8 Å². The van der Waals surface area contributed by atoms with Crippen molar-refractivity contribution in [3.63, 3.8) is 0 Å². The standard InChI is InChI=1S/C15H13BrN4/c16-9-3-6-12(17)11(8-9)14-19-13-2-1-7-18-15(13)20(14)10-4-5-10/h1-3,6-8,10H,4-5,17H2. The van der Waals surface area contributed by atoms with E-state index >= 15 is 0 Å². The van der Waals surface area contributed by atoms with Gasteiger partial charge >= 0.3 is 0 Å². The Bertz CT molecular complexity index is 805. The van der Waals surface area contributed by atoms with Crippen LogP contribution in [0.25, 0.3) is 22.6 Å². The highest BCUT2D eigenvalue weighted by molar-refractivity contribution is 9.10. The van der Waals surface area contributed by atoms with Gasteiger partial charge in [-0.25, -0.2) is 9.97 Å². The van der Waals surface area contributed by atoms with Crippen molar-refractivity contribution < 1.29 is 0 Å². The van der Waals surface area contributed by atoms with Crippen LogP contribution >= 0.6 is 15.9 Å². The predicted octanol–water partition coefficient (Wildman–Crippen LogP) is 3.78. The van der Waals surface area contributed by atoms with Crippen molar-refractivity contribution in [2.45, 2.75) is 18.9 Å². The zero-order valence-electron chi connectivity index (χ0n) is 10.8. The average molecular weight is 329 g/mol. The van der Waals surface area contributed by atoms with Gasteiger partial charge in [0.05, 0.1) is 0 Å². The summed E-state index contributed by atoms with van der Waals surface area (Å²) in [5, 5.41) is 0. The first-order valence-corrected chi connectivity index (χ1v) is 7.41. The minimum absolute atomic E-state index is 0.503. The molecule has 0 spiro atoms. The van der Waals surface area contributed by atoms with Crippen LogP contribution in [0.4, 0.5) is 5.69 Å². The molecule has 0 aliphatic heterocycles. The van der Waals surface area contributed by atoms with Crippen LogP contribution in [-0.2, 0) is 0 Å². The second-order valence-corrected chi connectivity index (χ2v) is 6.03. The summed E-state index contributed by atoms with van der Waals surface area (Å²) in [4.78, 5) is 9.23. The van der Waals surface area contributed by atoms with Gasteiger partial charge < -0.3 is 10.3 Å². The molecule has 2 aromatic heterocycles. The van der Waals surface area contributed by atoms with E-state index in [1.54, 1.807) is 0 Å². The molecule has 1 saturated carbocycles. The molecule has 2 heterocycles. The highest BCUT2D eigenvalue weighted by Crippen LogP contribution is 2.42. The highest BCUT2D eigenvalue weighted by Gasteiger charge is 2.29. The highest BCUT2D eigenvalue weighted by atomic mass is 79.9. The van der Waals surface area contributed by atoms with Crippen LogP contribution in [0.5, 0.6) is 0 Å². The monoisotopic (exact) mass is 328 g/mol. The quantitative estimate of drug-likeness (QED) is 0.728. The molecule has 0 unspecified atom stereocenters. The Hall–Kier alpha value is -1.88. The van der Waals surface area contributed by atoms with Crippen molar-refractivity contribution in [2.24, 2.45) is 0 Å². The zero-order chi connectivity index (χ0) is 13.7. The van der Waals surface area contributed by atoms with E-state index in [4.69, 9.17) is 10.7 Å². The van der Waals surface area contributed by atoms with Crippen molar-refractivity contribution in [2.75, 3.05) is 5.73 Å². The van der Waals surface area contributed by atoms with Crippen LogP contribution in [0.3, 0.4) is 0 Å². The fraction of sp³-hybridized carbons (Fsp3) is 0.200. The van der Waals surface area contributed by atoms with Crippen molar-refractivity contribution >= 4 is 32.8 Å². The molecule has 0 bridgehead atoms. The van der Waals surface area contributed by atoms with Gasteiger partial charge in [0.1, 0.15) is 11.3 Å². The lowest BCUT2D eigenvalue weighted by Crippen LogP contribution is -2.00. The summed E-state index contributed by atoms with van der Waals surface area (Å²) in [6, 6.07) is 10.3. The lowest BCUT2D eigenvalue weighted by Gasteiger charge is -2.09. The van der Waals surface area contributed by atoms with Crippen LogP contribution < -0.4 is 5.73 Å².